The lowest BCUT2D eigenvalue weighted by Crippen LogP contribution is -2.34. The van der Waals surface area contributed by atoms with Crippen molar-refractivity contribution in [3.8, 4) is 0 Å². The molecule has 0 radical (unpaired) electrons. The normalized spacial score (nSPS) is 33.9. The van der Waals surface area contributed by atoms with Gasteiger partial charge in [-0.1, -0.05) is 26.8 Å². The third kappa shape index (κ3) is 1.77. The molecule has 0 aliphatic heterocycles. The maximum Gasteiger partial charge on any atom is 0.0969 e. The number of nitrogens with zero attached hydrogens (tertiary/aromatic N) is 2. The zero-order valence-corrected chi connectivity index (χ0v) is 13.4. The molecule has 0 saturated heterocycles. The highest BCUT2D eigenvalue weighted by Crippen LogP contribution is 2.64. The first-order chi connectivity index (χ1) is 9.27. The Labute approximate surface area is 122 Å². The van der Waals surface area contributed by atoms with Crippen LogP contribution in [-0.2, 0) is 5.54 Å². The molecule has 1 aromatic heterocycles. The quantitative estimate of drug-likeness (QED) is 0.770. The smallest absolute Gasteiger partial charge is 0.0969 e. The molecule has 2 nitrogen and oxygen atoms in total. The Morgan fingerprint density at radius 1 is 1.25 bits per heavy atom. The average molecular weight is 270 g/mol. The zero-order valence-electron chi connectivity index (χ0n) is 13.4. The molecule has 20 heavy (non-hydrogen) atoms. The number of pyridine rings is 1. The van der Waals surface area contributed by atoms with E-state index in [2.05, 4.69) is 51.7 Å². The standard InChI is InChI=1S/C18H26N2/c1-16(2)13-9-10-18(16,5)15(12-13)20-17(3,4)14-8-6-7-11-19-14/h6-8,11,13H,9-10,12H2,1-5H3. The third-order valence-corrected chi connectivity index (χ3v) is 6.22. The molecule has 2 heteroatoms. The third-order valence-electron chi connectivity index (χ3n) is 6.22. The molecule has 108 valence electrons. The fourth-order valence-electron chi connectivity index (χ4n) is 4.22. The van der Waals surface area contributed by atoms with E-state index in [0.29, 0.717) is 5.41 Å². The van der Waals surface area contributed by atoms with Crippen molar-refractivity contribution in [1.29, 1.82) is 0 Å². The Balaban J connectivity index is 1.98. The SMILES string of the molecule is CC(C)(N=C1CC2CCC1(C)C2(C)C)c1ccccn1. The van der Waals surface area contributed by atoms with E-state index in [-0.39, 0.29) is 11.0 Å². The summed E-state index contributed by atoms with van der Waals surface area (Å²) in [4.78, 5) is 9.69. The molecule has 2 fully saturated rings. The number of hydrogen-bond donors (Lipinski definition) is 0. The van der Waals surface area contributed by atoms with Crippen LogP contribution in [0.15, 0.2) is 29.4 Å². The van der Waals surface area contributed by atoms with E-state index in [1.54, 1.807) is 0 Å². The summed E-state index contributed by atoms with van der Waals surface area (Å²) < 4.78 is 0. The highest BCUT2D eigenvalue weighted by molar-refractivity contribution is 5.94. The minimum Gasteiger partial charge on any atom is -0.281 e. The van der Waals surface area contributed by atoms with Crippen LogP contribution >= 0.6 is 0 Å². The van der Waals surface area contributed by atoms with E-state index in [0.717, 1.165) is 11.6 Å². The Morgan fingerprint density at radius 2 is 2.00 bits per heavy atom. The minimum absolute atomic E-state index is 0.222. The molecule has 0 N–H and O–H groups in total. The molecule has 2 bridgehead atoms. The summed E-state index contributed by atoms with van der Waals surface area (Å²) in [5.41, 5.74) is 2.95. The Hall–Kier alpha value is -1.18. The van der Waals surface area contributed by atoms with Crippen LogP contribution in [0.1, 0.15) is 59.6 Å². The molecule has 2 aliphatic rings. The lowest BCUT2D eigenvalue weighted by molar-refractivity contribution is 0.193. The first kappa shape index (κ1) is 13.8. The second-order valence-corrected chi connectivity index (χ2v) is 7.83. The fraction of sp³-hybridized carbons (Fsp3) is 0.667. The molecule has 3 rings (SSSR count). The van der Waals surface area contributed by atoms with Gasteiger partial charge in [0.05, 0.1) is 11.2 Å². The number of aliphatic imine (C=N–C) groups is 1. The number of hydrogen-bond acceptors (Lipinski definition) is 2. The van der Waals surface area contributed by atoms with Crippen LogP contribution < -0.4 is 0 Å². The topological polar surface area (TPSA) is 25.2 Å². The summed E-state index contributed by atoms with van der Waals surface area (Å²) >= 11 is 0. The molecular formula is C18H26N2. The van der Waals surface area contributed by atoms with Crippen LogP contribution in [0.25, 0.3) is 0 Å². The first-order valence-corrected chi connectivity index (χ1v) is 7.78. The summed E-state index contributed by atoms with van der Waals surface area (Å²) in [6.45, 7) is 11.7. The molecule has 0 amide bonds. The molecule has 2 saturated carbocycles. The number of fused-ring (bicyclic) bond motifs is 2. The maximum absolute atomic E-state index is 5.18. The van der Waals surface area contributed by atoms with E-state index in [4.69, 9.17) is 4.99 Å². The molecule has 1 aromatic rings. The van der Waals surface area contributed by atoms with Crippen molar-refractivity contribution >= 4 is 5.71 Å². The Morgan fingerprint density at radius 3 is 2.50 bits per heavy atom. The van der Waals surface area contributed by atoms with Crippen molar-refractivity contribution < 1.29 is 0 Å². The molecular weight excluding hydrogens is 244 g/mol. The van der Waals surface area contributed by atoms with Gasteiger partial charge in [0.2, 0.25) is 0 Å². The second-order valence-electron chi connectivity index (χ2n) is 7.83. The summed E-state index contributed by atoms with van der Waals surface area (Å²) in [6.07, 6.45) is 5.71. The predicted octanol–water partition coefficient (Wildman–Crippen LogP) is 4.60. The van der Waals surface area contributed by atoms with Crippen molar-refractivity contribution in [3.63, 3.8) is 0 Å². The van der Waals surface area contributed by atoms with Crippen molar-refractivity contribution in [2.45, 2.75) is 59.4 Å². The van der Waals surface area contributed by atoms with Crippen LogP contribution in [-0.4, -0.2) is 10.7 Å². The molecule has 2 aliphatic carbocycles. The van der Waals surface area contributed by atoms with Gasteiger partial charge >= 0.3 is 0 Å². The van der Waals surface area contributed by atoms with Gasteiger partial charge < -0.3 is 0 Å². The number of aromatic nitrogens is 1. The first-order valence-electron chi connectivity index (χ1n) is 7.78. The summed E-state index contributed by atoms with van der Waals surface area (Å²) in [7, 11) is 0. The van der Waals surface area contributed by atoms with Gasteiger partial charge in [0, 0.05) is 17.3 Å². The molecule has 1 heterocycles. The van der Waals surface area contributed by atoms with Crippen LogP contribution in [0.5, 0.6) is 0 Å². The van der Waals surface area contributed by atoms with Crippen molar-refractivity contribution in [2.75, 3.05) is 0 Å². The summed E-state index contributed by atoms with van der Waals surface area (Å²) in [6, 6.07) is 6.11. The van der Waals surface area contributed by atoms with Gasteiger partial charge in [0.15, 0.2) is 0 Å². The van der Waals surface area contributed by atoms with E-state index in [1.807, 2.05) is 12.3 Å². The van der Waals surface area contributed by atoms with Gasteiger partial charge in [-0.15, -0.1) is 0 Å². The average Bonchev–Trinajstić information content (AvgIpc) is 2.72. The van der Waals surface area contributed by atoms with Crippen LogP contribution in [0.2, 0.25) is 0 Å². The van der Waals surface area contributed by atoms with Gasteiger partial charge in [-0.2, -0.15) is 0 Å². The summed E-state index contributed by atoms with van der Waals surface area (Å²) in [5, 5.41) is 0. The fourth-order valence-corrected chi connectivity index (χ4v) is 4.22. The van der Waals surface area contributed by atoms with E-state index in [9.17, 15) is 0 Å². The van der Waals surface area contributed by atoms with Crippen molar-refractivity contribution in [3.05, 3.63) is 30.1 Å². The largest absolute Gasteiger partial charge is 0.281 e. The molecule has 2 unspecified atom stereocenters. The lowest BCUT2D eigenvalue weighted by Gasteiger charge is -2.36. The Bertz CT molecular complexity index is 542. The molecule has 0 spiro atoms. The van der Waals surface area contributed by atoms with Crippen molar-refractivity contribution in [2.24, 2.45) is 21.7 Å². The number of rotatable bonds is 2. The second kappa shape index (κ2) is 4.16. The molecule has 0 aromatic carbocycles. The maximum atomic E-state index is 5.18. The predicted molar refractivity (Wildman–Crippen MR) is 83.9 cm³/mol. The van der Waals surface area contributed by atoms with Crippen LogP contribution in [0.4, 0.5) is 0 Å². The van der Waals surface area contributed by atoms with Crippen molar-refractivity contribution in [1.82, 2.24) is 4.98 Å². The zero-order chi connectivity index (χ0) is 14.6. The van der Waals surface area contributed by atoms with Gasteiger partial charge in [0.25, 0.3) is 0 Å². The highest BCUT2D eigenvalue weighted by atomic mass is 14.9. The van der Waals surface area contributed by atoms with E-state index < -0.39 is 0 Å². The lowest BCUT2D eigenvalue weighted by atomic mass is 9.70. The highest BCUT2D eigenvalue weighted by Gasteiger charge is 2.60. The monoisotopic (exact) mass is 270 g/mol. The van der Waals surface area contributed by atoms with Crippen LogP contribution in [0, 0.1) is 16.7 Å². The van der Waals surface area contributed by atoms with Gasteiger partial charge in [-0.05, 0) is 56.6 Å². The van der Waals surface area contributed by atoms with E-state index in [1.165, 1.54) is 25.0 Å². The molecule has 2 atom stereocenters. The minimum atomic E-state index is -0.222. The summed E-state index contributed by atoms with van der Waals surface area (Å²) in [5.74, 6) is 0.811. The van der Waals surface area contributed by atoms with E-state index >= 15 is 0 Å². The Kier molecular flexibility index (Phi) is 2.87. The van der Waals surface area contributed by atoms with Gasteiger partial charge in [0.1, 0.15) is 0 Å². The van der Waals surface area contributed by atoms with Gasteiger partial charge in [-0.25, -0.2) is 0 Å². The van der Waals surface area contributed by atoms with Crippen LogP contribution in [0.3, 0.4) is 0 Å². The van der Waals surface area contributed by atoms with Gasteiger partial charge in [-0.3, -0.25) is 9.98 Å².